The molecule has 260 valence electrons. The van der Waals surface area contributed by atoms with Crippen molar-refractivity contribution in [1.82, 2.24) is 20.1 Å². The predicted octanol–water partition coefficient (Wildman–Crippen LogP) is 7.80. The lowest BCUT2D eigenvalue weighted by Gasteiger charge is -2.32. The SMILES string of the molecule is CC(C)(C)OC(=O)N1CC(O)(CN(Cc2ccccc2)Cc2ccccc2)C[C@H]1CNC(=O)c1[nH]c2ccc(F)cc2c1-c1ccccc1Cl. The number of carbonyl (C=O) groups excluding carboxylic acids is 2. The molecule has 2 atom stereocenters. The van der Waals surface area contributed by atoms with Crippen molar-refractivity contribution in [3.63, 3.8) is 0 Å². The Morgan fingerprint density at radius 1 is 0.980 bits per heavy atom. The summed E-state index contributed by atoms with van der Waals surface area (Å²) in [6.07, 6.45) is -0.356. The van der Waals surface area contributed by atoms with Crippen molar-refractivity contribution in [3.8, 4) is 11.1 Å². The number of aromatic nitrogens is 1. The Morgan fingerprint density at radius 2 is 1.60 bits per heavy atom. The van der Waals surface area contributed by atoms with Crippen LogP contribution in [0.3, 0.4) is 0 Å². The monoisotopic (exact) mass is 696 g/mol. The highest BCUT2D eigenvalue weighted by Gasteiger charge is 2.47. The molecule has 1 fully saturated rings. The molecule has 1 unspecified atom stereocenters. The van der Waals surface area contributed by atoms with Crippen molar-refractivity contribution < 1.29 is 23.8 Å². The van der Waals surface area contributed by atoms with E-state index in [1.54, 1.807) is 51.1 Å². The van der Waals surface area contributed by atoms with Crippen LogP contribution in [0.2, 0.25) is 5.02 Å². The first-order valence-electron chi connectivity index (χ1n) is 16.7. The zero-order valence-corrected chi connectivity index (χ0v) is 29.2. The van der Waals surface area contributed by atoms with Crippen LogP contribution >= 0.6 is 11.6 Å². The first-order chi connectivity index (χ1) is 23.9. The lowest BCUT2D eigenvalue weighted by Crippen LogP contribution is -2.47. The number of rotatable bonds is 10. The Balaban J connectivity index is 1.26. The molecule has 1 aliphatic rings. The van der Waals surface area contributed by atoms with Crippen LogP contribution in [0, 0.1) is 5.82 Å². The zero-order chi connectivity index (χ0) is 35.5. The van der Waals surface area contributed by atoms with Gasteiger partial charge in [0.05, 0.1) is 18.2 Å². The molecule has 8 nitrogen and oxygen atoms in total. The fraction of sp³-hybridized carbons (Fsp3) is 0.300. The van der Waals surface area contributed by atoms with E-state index in [0.29, 0.717) is 40.1 Å². The van der Waals surface area contributed by atoms with Crippen LogP contribution in [-0.2, 0) is 17.8 Å². The predicted molar refractivity (Wildman–Crippen MR) is 194 cm³/mol. The van der Waals surface area contributed by atoms with E-state index in [0.717, 1.165) is 11.1 Å². The van der Waals surface area contributed by atoms with Crippen LogP contribution in [-0.4, -0.2) is 68.8 Å². The molecule has 50 heavy (non-hydrogen) atoms. The number of hydrogen-bond acceptors (Lipinski definition) is 5. The quantitative estimate of drug-likeness (QED) is 0.139. The molecule has 6 rings (SSSR count). The number of amides is 2. The van der Waals surface area contributed by atoms with Gasteiger partial charge in [0.2, 0.25) is 0 Å². The van der Waals surface area contributed by atoms with Gasteiger partial charge in [0.1, 0.15) is 17.1 Å². The molecule has 0 aliphatic carbocycles. The number of halogens is 2. The van der Waals surface area contributed by atoms with Gasteiger partial charge in [0.15, 0.2) is 0 Å². The maximum absolute atomic E-state index is 14.4. The first kappa shape index (κ1) is 35.1. The Kier molecular flexibility index (Phi) is 10.3. The summed E-state index contributed by atoms with van der Waals surface area (Å²) in [5.74, 6) is -0.894. The summed E-state index contributed by atoms with van der Waals surface area (Å²) in [4.78, 5) is 34.3. The van der Waals surface area contributed by atoms with Gasteiger partial charge in [-0.3, -0.25) is 9.69 Å². The summed E-state index contributed by atoms with van der Waals surface area (Å²) in [6.45, 7) is 6.92. The number of carbonyl (C=O) groups is 2. The molecule has 1 aromatic heterocycles. The third-order valence-corrected chi connectivity index (χ3v) is 9.12. The molecule has 5 aromatic rings. The molecule has 3 N–H and O–H groups in total. The number of nitrogens with zero attached hydrogens (tertiary/aromatic N) is 2. The second-order valence-electron chi connectivity index (χ2n) is 14.1. The fourth-order valence-corrected chi connectivity index (χ4v) is 6.97. The van der Waals surface area contributed by atoms with Gasteiger partial charge in [0.25, 0.3) is 5.91 Å². The van der Waals surface area contributed by atoms with E-state index in [2.05, 4.69) is 39.5 Å². The average Bonchev–Trinajstić information content (AvgIpc) is 3.61. The highest BCUT2D eigenvalue weighted by molar-refractivity contribution is 6.34. The normalized spacial score (nSPS) is 17.7. The minimum atomic E-state index is -1.29. The van der Waals surface area contributed by atoms with Gasteiger partial charge in [-0.2, -0.15) is 0 Å². The lowest BCUT2D eigenvalue weighted by molar-refractivity contribution is -0.00376. The zero-order valence-electron chi connectivity index (χ0n) is 28.5. The summed E-state index contributed by atoms with van der Waals surface area (Å²) in [5, 5.41) is 16.1. The van der Waals surface area contributed by atoms with E-state index in [1.807, 2.05) is 36.4 Å². The lowest BCUT2D eigenvalue weighted by atomic mass is 9.98. The number of likely N-dealkylation sites (tertiary alicyclic amines) is 1. The van der Waals surface area contributed by atoms with Crippen molar-refractivity contribution in [2.75, 3.05) is 19.6 Å². The molecule has 1 aliphatic heterocycles. The van der Waals surface area contributed by atoms with Gasteiger partial charge in [0, 0.05) is 59.7 Å². The number of H-pyrrole nitrogens is 1. The third-order valence-electron chi connectivity index (χ3n) is 8.79. The van der Waals surface area contributed by atoms with Gasteiger partial charge >= 0.3 is 6.09 Å². The number of benzene rings is 4. The Morgan fingerprint density at radius 3 is 2.22 bits per heavy atom. The number of β-amino-alcohol motifs (C(OH)–C–C–N with tert-alkyl or cyclic N) is 1. The second-order valence-corrected chi connectivity index (χ2v) is 14.5. The Labute approximate surface area is 296 Å². The summed E-state index contributed by atoms with van der Waals surface area (Å²) < 4.78 is 20.2. The van der Waals surface area contributed by atoms with Crippen LogP contribution in [0.5, 0.6) is 0 Å². The number of aromatic amines is 1. The van der Waals surface area contributed by atoms with Gasteiger partial charge in [-0.25, -0.2) is 9.18 Å². The van der Waals surface area contributed by atoms with E-state index in [1.165, 1.54) is 17.0 Å². The van der Waals surface area contributed by atoms with Crippen LogP contribution in [0.1, 0.15) is 48.8 Å². The maximum Gasteiger partial charge on any atom is 0.410 e. The summed E-state index contributed by atoms with van der Waals surface area (Å²) >= 11 is 6.57. The minimum Gasteiger partial charge on any atom is -0.444 e. The van der Waals surface area contributed by atoms with E-state index >= 15 is 0 Å². The molecule has 2 amide bonds. The van der Waals surface area contributed by atoms with Crippen molar-refractivity contribution in [1.29, 1.82) is 0 Å². The summed E-state index contributed by atoms with van der Waals surface area (Å²) in [7, 11) is 0. The smallest absolute Gasteiger partial charge is 0.410 e. The van der Waals surface area contributed by atoms with Crippen molar-refractivity contribution in [2.24, 2.45) is 0 Å². The molecule has 0 radical (unpaired) electrons. The van der Waals surface area contributed by atoms with E-state index in [4.69, 9.17) is 16.3 Å². The fourth-order valence-electron chi connectivity index (χ4n) is 6.73. The van der Waals surface area contributed by atoms with Gasteiger partial charge in [-0.1, -0.05) is 90.5 Å². The largest absolute Gasteiger partial charge is 0.444 e. The maximum atomic E-state index is 14.4. The summed E-state index contributed by atoms with van der Waals surface area (Å²) in [5.41, 5.74) is 2.00. The molecular formula is C40H42ClFN4O4. The van der Waals surface area contributed by atoms with Crippen molar-refractivity contribution >= 4 is 34.5 Å². The Hall–Kier alpha value is -4.70. The van der Waals surface area contributed by atoms with Crippen LogP contribution < -0.4 is 5.32 Å². The third kappa shape index (κ3) is 8.35. The van der Waals surface area contributed by atoms with Crippen molar-refractivity contribution in [2.45, 2.75) is 57.5 Å². The topological polar surface area (TPSA) is 97.9 Å². The van der Waals surface area contributed by atoms with E-state index in [-0.39, 0.29) is 31.7 Å². The van der Waals surface area contributed by atoms with Crippen LogP contribution in [0.25, 0.3) is 22.0 Å². The molecule has 10 heteroatoms. The van der Waals surface area contributed by atoms with Gasteiger partial charge in [-0.05, 0) is 56.2 Å². The number of fused-ring (bicyclic) bond motifs is 1. The summed E-state index contributed by atoms with van der Waals surface area (Å²) in [6, 6.07) is 30.9. The standard InChI is InChI=1S/C40H42ClFN4O4/c1-39(2,3)50-38(48)46-26-40(49,25-45(23-27-12-6-4-7-13-27)24-28-14-8-5-9-15-28)21-30(46)22-43-37(47)36-35(31-16-10-11-17-33(31)41)32-20-29(42)18-19-34(32)44-36/h4-20,30,44,49H,21-26H2,1-3H3,(H,43,47)/t30-,40?/m0/s1. The molecule has 0 saturated carbocycles. The number of aliphatic hydroxyl groups is 1. The number of hydrogen-bond donors (Lipinski definition) is 3. The Bertz CT molecular complexity index is 1920. The van der Waals surface area contributed by atoms with Gasteiger partial charge < -0.3 is 25.0 Å². The molecule has 0 spiro atoms. The van der Waals surface area contributed by atoms with Crippen LogP contribution in [0.4, 0.5) is 9.18 Å². The molecule has 1 saturated heterocycles. The molecular weight excluding hydrogens is 655 g/mol. The minimum absolute atomic E-state index is 0.0269. The highest BCUT2D eigenvalue weighted by atomic mass is 35.5. The number of ether oxygens (including phenoxy) is 1. The second kappa shape index (κ2) is 14.6. The number of nitrogens with one attached hydrogen (secondary N) is 2. The molecule has 0 bridgehead atoms. The van der Waals surface area contributed by atoms with E-state index < -0.39 is 35.1 Å². The average molecular weight is 697 g/mol. The van der Waals surface area contributed by atoms with E-state index in [9.17, 15) is 19.1 Å². The van der Waals surface area contributed by atoms with Crippen molar-refractivity contribution in [3.05, 3.63) is 131 Å². The van der Waals surface area contributed by atoms with Gasteiger partial charge in [-0.15, -0.1) is 0 Å². The molecule has 2 heterocycles. The van der Waals surface area contributed by atoms with Crippen LogP contribution in [0.15, 0.2) is 103 Å². The molecule has 4 aromatic carbocycles. The highest BCUT2D eigenvalue weighted by Crippen LogP contribution is 2.37. The first-order valence-corrected chi connectivity index (χ1v) is 17.1.